The molecular weight excluding hydrogens is 268 g/mol. The van der Waals surface area contributed by atoms with Crippen LogP contribution in [0, 0.1) is 13.8 Å². The number of para-hydroxylation sites is 1. The normalized spacial score (nSPS) is 10.2. The van der Waals surface area contributed by atoms with Crippen LogP contribution in [0.15, 0.2) is 47.4 Å². The van der Waals surface area contributed by atoms with Gasteiger partial charge in [-0.3, -0.25) is 0 Å². The van der Waals surface area contributed by atoms with Gasteiger partial charge in [-0.1, -0.05) is 24.3 Å². The maximum Gasteiger partial charge on any atom is 0.323 e. The lowest BCUT2D eigenvalue weighted by molar-refractivity contribution is 0.262. The summed E-state index contributed by atoms with van der Waals surface area (Å²) in [7, 11) is 0. The van der Waals surface area contributed by atoms with Gasteiger partial charge < -0.3 is 10.6 Å². The Kier molecular flexibility index (Phi) is 4.69. The molecule has 0 bridgehead atoms. The average molecular weight is 286 g/mol. The number of hydrogen-bond donors (Lipinski definition) is 2. The Bertz CT molecular complexity index is 626. The Morgan fingerprint density at radius 2 is 1.60 bits per heavy atom. The first-order valence-corrected chi connectivity index (χ1v) is 7.61. The monoisotopic (exact) mass is 286 g/mol. The molecule has 2 aromatic carbocycles. The third kappa shape index (κ3) is 3.33. The SMILES string of the molecule is CSc1ccccc1NC(=O)Nc1cccc(C)c1C. The summed E-state index contributed by atoms with van der Waals surface area (Å²) in [5, 5.41) is 5.78. The molecule has 0 saturated carbocycles. The maximum atomic E-state index is 12.1. The van der Waals surface area contributed by atoms with Gasteiger partial charge in [-0.05, 0) is 49.4 Å². The number of amides is 2. The number of anilines is 2. The zero-order chi connectivity index (χ0) is 14.5. The molecule has 0 heterocycles. The third-order valence-corrected chi connectivity index (χ3v) is 4.00. The number of aryl methyl sites for hydroxylation is 1. The molecule has 104 valence electrons. The summed E-state index contributed by atoms with van der Waals surface area (Å²) in [6.07, 6.45) is 1.99. The summed E-state index contributed by atoms with van der Waals surface area (Å²) in [5.41, 5.74) is 3.90. The van der Waals surface area contributed by atoms with E-state index in [1.54, 1.807) is 11.8 Å². The van der Waals surface area contributed by atoms with E-state index in [1.165, 1.54) is 0 Å². The van der Waals surface area contributed by atoms with Crippen molar-refractivity contribution in [2.24, 2.45) is 0 Å². The summed E-state index contributed by atoms with van der Waals surface area (Å²) >= 11 is 1.61. The molecule has 20 heavy (non-hydrogen) atoms. The van der Waals surface area contributed by atoms with Gasteiger partial charge in [0.1, 0.15) is 0 Å². The van der Waals surface area contributed by atoms with Crippen LogP contribution in [0.4, 0.5) is 16.2 Å². The van der Waals surface area contributed by atoms with Crippen LogP contribution in [0.5, 0.6) is 0 Å². The molecule has 0 unspecified atom stereocenters. The van der Waals surface area contributed by atoms with Gasteiger partial charge in [0, 0.05) is 10.6 Å². The molecule has 0 fully saturated rings. The van der Waals surface area contributed by atoms with Gasteiger partial charge in [0.2, 0.25) is 0 Å². The van der Waals surface area contributed by atoms with Crippen LogP contribution in [0.2, 0.25) is 0 Å². The summed E-state index contributed by atoms with van der Waals surface area (Å²) in [6, 6.07) is 13.4. The molecule has 0 aliphatic heterocycles. The Morgan fingerprint density at radius 3 is 2.35 bits per heavy atom. The number of thioether (sulfide) groups is 1. The number of carbonyl (C=O) groups excluding carboxylic acids is 1. The summed E-state index contributed by atoms with van der Waals surface area (Å²) in [5.74, 6) is 0. The van der Waals surface area contributed by atoms with Crippen LogP contribution in [0.25, 0.3) is 0 Å². The lowest BCUT2D eigenvalue weighted by Gasteiger charge is -2.13. The summed E-state index contributed by atoms with van der Waals surface area (Å²) in [6.45, 7) is 4.03. The fourth-order valence-corrected chi connectivity index (χ4v) is 2.46. The van der Waals surface area contributed by atoms with E-state index in [1.807, 2.05) is 62.6 Å². The average Bonchev–Trinajstić information content (AvgIpc) is 2.44. The van der Waals surface area contributed by atoms with E-state index < -0.39 is 0 Å². The molecule has 0 aliphatic rings. The van der Waals surface area contributed by atoms with Gasteiger partial charge in [0.25, 0.3) is 0 Å². The summed E-state index contributed by atoms with van der Waals surface area (Å²) < 4.78 is 0. The van der Waals surface area contributed by atoms with Crippen molar-refractivity contribution in [3.05, 3.63) is 53.6 Å². The van der Waals surface area contributed by atoms with Gasteiger partial charge in [0.15, 0.2) is 0 Å². The zero-order valence-corrected chi connectivity index (χ0v) is 12.7. The van der Waals surface area contributed by atoms with Crippen LogP contribution in [0.3, 0.4) is 0 Å². The van der Waals surface area contributed by atoms with E-state index in [2.05, 4.69) is 10.6 Å². The molecule has 2 amide bonds. The maximum absolute atomic E-state index is 12.1. The highest BCUT2D eigenvalue weighted by Crippen LogP contribution is 2.25. The van der Waals surface area contributed by atoms with Crippen LogP contribution >= 0.6 is 11.8 Å². The van der Waals surface area contributed by atoms with Crippen LogP contribution in [-0.2, 0) is 0 Å². The molecule has 2 aromatic rings. The van der Waals surface area contributed by atoms with E-state index in [4.69, 9.17) is 0 Å². The molecule has 2 rings (SSSR count). The van der Waals surface area contributed by atoms with Gasteiger partial charge >= 0.3 is 6.03 Å². The predicted octanol–water partition coefficient (Wildman–Crippen LogP) is 4.67. The highest BCUT2D eigenvalue weighted by molar-refractivity contribution is 7.98. The molecule has 0 saturated heterocycles. The summed E-state index contributed by atoms with van der Waals surface area (Å²) in [4.78, 5) is 13.1. The van der Waals surface area contributed by atoms with Crippen molar-refractivity contribution in [1.29, 1.82) is 0 Å². The molecular formula is C16H18N2OS. The predicted molar refractivity (Wildman–Crippen MR) is 86.8 cm³/mol. The van der Waals surface area contributed by atoms with E-state index in [0.29, 0.717) is 0 Å². The number of rotatable bonds is 3. The van der Waals surface area contributed by atoms with Gasteiger partial charge in [-0.15, -0.1) is 11.8 Å². The number of benzene rings is 2. The van der Waals surface area contributed by atoms with E-state index in [0.717, 1.165) is 27.4 Å². The van der Waals surface area contributed by atoms with Crippen molar-refractivity contribution < 1.29 is 4.79 Å². The van der Waals surface area contributed by atoms with Crippen molar-refractivity contribution in [2.45, 2.75) is 18.7 Å². The molecule has 0 radical (unpaired) electrons. The Hall–Kier alpha value is -1.94. The minimum atomic E-state index is -0.222. The second kappa shape index (κ2) is 6.48. The highest BCUT2D eigenvalue weighted by atomic mass is 32.2. The second-order valence-electron chi connectivity index (χ2n) is 4.53. The largest absolute Gasteiger partial charge is 0.323 e. The third-order valence-electron chi connectivity index (χ3n) is 3.21. The first-order chi connectivity index (χ1) is 9.61. The van der Waals surface area contributed by atoms with Crippen molar-refractivity contribution in [1.82, 2.24) is 0 Å². The minimum absolute atomic E-state index is 0.222. The number of hydrogen-bond acceptors (Lipinski definition) is 2. The van der Waals surface area contributed by atoms with Crippen molar-refractivity contribution in [2.75, 3.05) is 16.9 Å². The van der Waals surface area contributed by atoms with E-state index in [9.17, 15) is 4.79 Å². The molecule has 0 aromatic heterocycles. The fraction of sp³-hybridized carbons (Fsp3) is 0.188. The zero-order valence-electron chi connectivity index (χ0n) is 11.9. The Labute approximate surface area is 123 Å². The lowest BCUT2D eigenvalue weighted by atomic mass is 10.1. The Balaban J connectivity index is 2.11. The lowest BCUT2D eigenvalue weighted by Crippen LogP contribution is -2.20. The van der Waals surface area contributed by atoms with E-state index in [-0.39, 0.29) is 6.03 Å². The quantitative estimate of drug-likeness (QED) is 0.805. The van der Waals surface area contributed by atoms with Crippen LogP contribution < -0.4 is 10.6 Å². The molecule has 4 heteroatoms. The number of carbonyl (C=O) groups is 1. The van der Waals surface area contributed by atoms with Crippen LogP contribution in [-0.4, -0.2) is 12.3 Å². The molecule has 0 spiro atoms. The fourth-order valence-electron chi connectivity index (χ4n) is 1.91. The first kappa shape index (κ1) is 14.5. The van der Waals surface area contributed by atoms with Crippen molar-refractivity contribution >= 4 is 29.2 Å². The van der Waals surface area contributed by atoms with Gasteiger partial charge in [-0.25, -0.2) is 4.79 Å². The minimum Gasteiger partial charge on any atom is -0.307 e. The molecule has 2 N–H and O–H groups in total. The molecule has 3 nitrogen and oxygen atoms in total. The number of nitrogens with one attached hydrogen (secondary N) is 2. The van der Waals surface area contributed by atoms with E-state index >= 15 is 0 Å². The van der Waals surface area contributed by atoms with Gasteiger partial charge in [-0.2, -0.15) is 0 Å². The van der Waals surface area contributed by atoms with Crippen LogP contribution in [0.1, 0.15) is 11.1 Å². The van der Waals surface area contributed by atoms with Gasteiger partial charge in [0.05, 0.1) is 5.69 Å². The standard InChI is InChI=1S/C16H18N2OS/c1-11-7-6-9-13(12(11)2)17-16(19)18-14-8-4-5-10-15(14)20-3/h4-10H,1-3H3,(H2,17,18,19). The second-order valence-corrected chi connectivity index (χ2v) is 5.37. The van der Waals surface area contributed by atoms with Crippen molar-refractivity contribution in [3.8, 4) is 0 Å². The first-order valence-electron chi connectivity index (χ1n) is 6.39. The molecule has 0 atom stereocenters. The van der Waals surface area contributed by atoms with Crippen molar-refractivity contribution in [3.63, 3.8) is 0 Å². The topological polar surface area (TPSA) is 41.1 Å². The smallest absolute Gasteiger partial charge is 0.307 e. The highest BCUT2D eigenvalue weighted by Gasteiger charge is 2.08. The Morgan fingerprint density at radius 1 is 0.950 bits per heavy atom. The number of urea groups is 1. The molecule has 0 aliphatic carbocycles.